The minimum Gasteiger partial charge on any atom is -0.460 e. The maximum atomic E-state index is 12.7. The lowest BCUT2D eigenvalue weighted by atomic mass is 9.75. The molecule has 2 bridgehead atoms. The average molecular weight is 335 g/mol. The molecular weight excluding hydrogens is 296 g/mol. The van der Waals surface area contributed by atoms with Gasteiger partial charge in [-0.25, -0.2) is 0 Å². The summed E-state index contributed by atoms with van der Waals surface area (Å²) in [7, 11) is 0. The molecule has 24 heavy (non-hydrogen) atoms. The average Bonchev–Trinajstić information content (AvgIpc) is 2.52. The van der Waals surface area contributed by atoms with Crippen LogP contribution < -0.4 is 0 Å². The van der Waals surface area contributed by atoms with Crippen LogP contribution in [0.5, 0.6) is 0 Å². The standard InChI is InChI=1S/C22H38O2/c1-22(2,3)24-21(23)20-17-18-13-11-9-7-5-4-6-8-10-12-14-19(20)16-15-18/h15-16,18-20H,4-14,17H2,1-3H3. The Labute approximate surface area is 149 Å². The molecule has 0 aromatic heterocycles. The van der Waals surface area contributed by atoms with Crippen LogP contribution in [-0.2, 0) is 9.53 Å². The fraction of sp³-hybridized carbons (Fsp3) is 0.864. The van der Waals surface area contributed by atoms with Crippen molar-refractivity contribution in [3.05, 3.63) is 12.2 Å². The number of fused-ring (bicyclic) bond motifs is 11. The van der Waals surface area contributed by atoms with Crippen LogP contribution in [0.4, 0.5) is 0 Å². The number of carbonyl (C=O) groups excluding carboxylic acids is 1. The zero-order valence-corrected chi connectivity index (χ0v) is 16.2. The van der Waals surface area contributed by atoms with Crippen molar-refractivity contribution in [3.8, 4) is 0 Å². The lowest BCUT2D eigenvalue weighted by molar-refractivity contribution is -0.162. The first-order valence-corrected chi connectivity index (χ1v) is 10.4. The van der Waals surface area contributed by atoms with E-state index in [1.165, 1.54) is 64.2 Å². The van der Waals surface area contributed by atoms with Gasteiger partial charge in [-0.1, -0.05) is 69.9 Å². The molecule has 0 radical (unpaired) electrons. The van der Waals surface area contributed by atoms with E-state index in [-0.39, 0.29) is 17.5 Å². The van der Waals surface area contributed by atoms with E-state index in [1.54, 1.807) is 0 Å². The molecule has 3 atom stereocenters. The molecular formula is C22H38O2. The number of allylic oxidation sites excluding steroid dienone is 2. The molecule has 0 heterocycles. The molecule has 0 aliphatic heterocycles. The van der Waals surface area contributed by atoms with Gasteiger partial charge in [0.15, 0.2) is 0 Å². The van der Waals surface area contributed by atoms with Crippen LogP contribution in [0.25, 0.3) is 0 Å². The van der Waals surface area contributed by atoms with E-state index in [9.17, 15) is 4.79 Å². The normalized spacial score (nSPS) is 30.4. The molecule has 3 aliphatic carbocycles. The number of ether oxygens (including phenoxy) is 1. The maximum Gasteiger partial charge on any atom is 0.310 e. The van der Waals surface area contributed by atoms with Crippen LogP contribution in [0.2, 0.25) is 0 Å². The van der Waals surface area contributed by atoms with Crippen LogP contribution in [-0.4, -0.2) is 11.6 Å². The predicted molar refractivity (Wildman–Crippen MR) is 101 cm³/mol. The topological polar surface area (TPSA) is 26.3 Å². The molecule has 0 amide bonds. The summed E-state index contributed by atoms with van der Waals surface area (Å²) in [6, 6.07) is 0. The second kappa shape index (κ2) is 9.63. The minimum absolute atomic E-state index is 0.0335. The van der Waals surface area contributed by atoms with Gasteiger partial charge in [0, 0.05) is 0 Å². The summed E-state index contributed by atoms with van der Waals surface area (Å²) in [5.41, 5.74) is -0.378. The second-order valence-electron chi connectivity index (χ2n) is 8.94. The van der Waals surface area contributed by atoms with Crippen molar-refractivity contribution in [3.63, 3.8) is 0 Å². The third-order valence-electron chi connectivity index (χ3n) is 5.53. The van der Waals surface area contributed by atoms with Crippen molar-refractivity contribution < 1.29 is 9.53 Å². The first-order chi connectivity index (χ1) is 11.5. The Kier molecular flexibility index (Phi) is 7.84. The van der Waals surface area contributed by atoms with E-state index in [2.05, 4.69) is 12.2 Å². The Hall–Kier alpha value is -0.790. The van der Waals surface area contributed by atoms with Crippen LogP contribution in [0.15, 0.2) is 12.2 Å². The largest absolute Gasteiger partial charge is 0.460 e. The van der Waals surface area contributed by atoms with Crippen molar-refractivity contribution in [1.29, 1.82) is 0 Å². The monoisotopic (exact) mass is 334 g/mol. The fourth-order valence-corrected chi connectivity index (χ4v) is 4.20. The highest BCUT2D eigenvalue weighted by atomic mass is 16.6. The summed E-state index contributed by atoms with van der Waals surface area (Å²) in [4.78, 5) is 12.7. The molecule has 0 spiro atoms. The summed E-state index contributed by atoms with van der Waals surface area (Å²) in [5, 5.41) is 0. The van der Waals surface area contributed by atoms with Gasteiger partial charge in [0.05, 0.1) is 5.92 Å². The molecule has 1 fully saturated rings. The third-order valence-corrected chi connectivity index (χ3v) is 5.53. The highest BCUT2D eigenvalue weighted by Crippen LogP contribution is 2.36. The van der Waals surface area contributed by atoms with E-state index in [0.717, 1.165) is 12.8 Å². The van der Waals surface area contributed by atoms with Gasteiger partial charge in [-0.2, -0.15) is 0 Å². The van der Waals surface area contributed by atoms with Gasteiger partial charge >= 0.3 is 5.97 Å². The van der Waals surface area contributed by atoms with Crippen molar-refractivity contribution >= 4 is 5.97 Å². The molecule has 3 rings (SSSR count). The van der Waals surface area contributed by atoms with E-state index in [1.807, 2.05) is 20.8 Å². The quantitative estimate of drug-likeness (QED) is 0.407. The van der Waals surface area contributed by atoms with Gasteiger partial charge in [-0.3, -0.25) is 4.79 Å². The molecule has 0 aromatic carbocycles. The lowest BCUT2D eigenvalue weighted by Crippen LogP contribution is -2.34. The van der Waals surface area contributed by atoms with Gasteiger partial charge in [0.2, 0.25) is 0 Å². The Morgan fingerprint density at radius 1 is 0.833 bits per heavy atom. The van der Waals surface area contributed by atoms with Gasteiger partial charge < -0.3 is 4.74 Å². The van der Waals surface area contributed by atoms with Crippen LogP contribution in [0.3, 0.4) is 0 Å². The molecule has 2 heteroatoms. The first-order valence-electron chi connectivity index (χ1n) is 10.4. The Balaban J connectivity index is 2.01. The highest BCUT2D eigenvalue weighted by molar-refractivity contribution is 5.73. The lowest BCUT2D eigenvalue weighted by Gasteiger charge is -2.33. The molecule has 3 unspecified atom stereocenters. The maximum absolute atomic E-state index is 12.7. The Morgan fingerprint density at radius 3 is 1.96 bits per heavy atom. The first kappa shape index (κ1) is 19.5. The van der Waals surface area contributed by atoms with E-state index in [0.29, 0.717) is 11.8 Å². The van der Waals surface area contributed by atoms with E-state index >= 15 is 0 Å². The van der Waals surface area contributed by atoms with Crippen LogP contribution in [0.1, 0.15) is 97.8 Å². The third kappa shape index (κ3) is 6.99. The Bertz CT molecular complexity index is 405. The van der Waals surface area contributed by atoms with Gasteiger partial charge in [0.25, 0.3) is 0 Å². The SMILES string of the molecule is CC(C)(C)OC(=O)C1CC2C=CC1CCCCCCCCCCC2. The molecule has 0 aromatic rings. The van der Waals surface area contributed by atoms with Crippen LogP contribution in [0, 0.1) is 17.8 Å². The second-order valence-corrected chi connectivity index (χ2v) is 8.94. The van der Waals surface area contributed by atoms with Crippen molar-refractivity contribution in [2.75, 3.05) is 0 Å². The molecule has 2 nitrogen and oxygen atoms in total. The van der Waals surface area contributed by atoms with Crippen molar-refractivity contribution in [2.45, 2.75) is 103 Å². The Morgan fingerprint density at radius 2 is 1.38 bits per heavy atom. The van der Waals surface area contributed by atoms with Gasteiger partial charge in [0.1, 0.15) is 5.60 Å². The number of esters is 1. The number of hydrogen-bond acceptors (Lipinski definition) is 2. The number of carbonyl (C=O) groups is 1. The summed E-state index contributed by atoms with van der Waals surface area (Å²) >= 11 is 0. The summed E-state index contributed by atoms with van der Waals surface area (Å²) in [6.45, 7) is 5.93. The van der Waals surface area contributed by atoms with Crippen molar-refractivity contribution in [1.82, 2.24) is 0 Å². The molecule has 1 saturated carbocycles. The smallest absolute Gasteiger partial charge is 0.310 e. The zero-order valence-electron chi connectivity index (χ0n) is 16.2. The van der Waals surface area contributed by atoms with Gasteiger partial charge in [-0.15, -0.1) is 0 Å². The summed E-state index contributed by atoms with van der Waals surface area (Å²) < 4.78 is 5.75. The molecule has 0 N–H and O–H groups in total. The molecule has 138 valence electrons. The number of rotatable bonds is 1. The predicted octanol–water partition coefficient (Wildman–Crippen LogP) is 6.44. The molecule has 0 saturated heterocycles. The van der Waals surface area contributed by atoms with E-state index in [4.69, 9.17) is 4.74 Å². The number of hydrogen-bond donors (Lipinski definition) is 0. The summed E-state index contributed by atoms with van der Waals surface area (Å²) in [6.07, 6.45) is 20.3. The van der Waals surface area contributed by atoms with Gasteiger partial charge in [-0.05, 0) is 51.9 Å². The molecule has 3 aliphatic rings. The van der Waals surface area contributed by atoms with Crippen LogP contribution >= 0.6 is 0 Å². The summed E-state index contributed by atoms with van der Waals surface area (Å²) in [5.74, 6) is 1.07. The van der Waals surface area contributed by atoms with E-state index < -0.39 is 0 Å². The highest BCUT2D eigenvalue weighted by Gasteiger charge is 2.34. The minimum atomic E-state index is -0.378. The fourth-order valence-electron chi connectivity index (χ4n) is 4.20. The zero-order chi connectivity index (χ0) is 17.4. The van der Waals surface area contributed by atoms with Crippen molar-refractivity contribution in [2.24, 2.45) is 17.8 Å².